The number of carbonyl (C=O) groups excluding carboxylic acids is 1. The third-order valence-electron chi connectivity index (χ3n) is 4.38. The number of ether oxygens (including phenoxy) is 1. The fourth-order valence-electron chi connectivity index (χ4n) is 3.08. The van der Waals surface area contributed by atoms with Gasteiger partial charge in [0.1, 0.15) is 0 Å². The number of fused-ring (bicyclic) bond motifs is 1. The van der Waals surface area contributed by atoms with Gasteiger partial charge in [0.25, 0.3) is 5.91 Å². The van der Waals surface area contributed by atoms with Crippen LogP contribution in [0.5, 0.6) is 0 Å². The molecule has 124 valence electrons. The van der Waals surface area contributed by atoms with Crippen molar-refractivity contribution in [1.82, 2.24) is 10.2 Å². The minimum Gasteiger partial charge on any atom is -0.448 e. The Bertz CT molecular complexity index is 713. The summed E-state index contributed by atoms with van der Waals surface area (Å²) in [5.74, 6) is -0.393. The number of carbonyl (C=O) groups is 1. The van der Waals surface area contributed by atoms with Crippen molar-refractivity contribution >= 4 is 16.9 Å². The van der Waals surface area contributed by atoms with Crippen LogP contribution in [0.3, 0.4) is 0 Å². The third-order valence-corrected chi connectivity index (χ3v) is 4.38. The van der Waals surface area contributed by atoms with Gasteiger partial charge < -0.3 is 19.4 Å². The number of halogens is 1. The number of nitrogens with one attached hydrogen (secondary N) is 1. The molecule has 0 radical (unpaired) electrons. The molecule has 0 aliphatic carbocycles. The second kappa shape index (κ2) is 6.68. The molecule has 1 aromatic heterocycles. The van der Waals surface area contributed by atoms with Gasteiger partial charge in [0.15, 0.2) is 17.2 Å². The maximum absolute atomic E-state index is 13.9. The molecule has 1 aliphatic rings. The number of methoxy groups -OCH3 is 1. The summed E-state index contributed by atoms with van der Waals surface area (Å²) in [5.41, 5.74) is 0.838. The molecule has 1 fully saturated rings. The number of nitrogens with zero attached hydrogens (tertiary/aromatic N) is 1. The highest BCUT2D eigenvalue weighted by Crippen LogP contribution is 2.28. The van der Waals surface area contributed by atoms with Crippen LogP contribution in [-0.4, -0.2) is 50.2 Å². The van der Waals surface area contributed by atoms with Crippen LogP contribution in [0.4, 0.5) is 4.39 Å². The van der Waals surface area contributed by atoms with Gasteiger partial charge in [0.05, 0.1) is 0 Å². The summed E-state index contributed by atoms with van der Waals surface area (Å²) in [7, 11) is 1.65. The van der Waals surface area contributed by atoms with Crippen molar-refractivity contribution in [1.29, 1.82) is 0 Å². The summed E-state index contributed by atoms with van der Waals surface area (Å²) in [6, 6.07) is 4.79. The Morgan fingerprint density at radius 3 is 3.09 bits per heavy atom. The molecule has 6 heteroatoms. The standard InChI is InChI=1S/C17H21FN2O3/c1-11-13-4-3-5-14(18)16(13)23-15(11)17(21)20-8-7-19-10-12(20)6-9-22-2/h3-5,12,19H,6-10H2,1-2H3. The van der Waals surface area contributed by atoms with Gasteiger partial charge in [-0.05, 0) is 19.4 Å². The van der Waals surface area contributed by atoms with E-state index in [0.717, 1.165) is 19.5 Å². The summed E-state index contributed by atoms with van der Waals surface area (Å²) >= 11 is 0. The van der Waals surface area contributed by atoms with Crippen molar-refractivity contribution in [2.75, 3.05) is 33.4 Å². The number of benzene rings is 1. The molecule has 3 rings (SSSR count). The SMILES string of the molecule is COCCC1CNCCN1C(=O)c1oc2c(F)cccc2c1C. The number of para-hydroxylation sites is 1. The van der Waals surface area contributed by atoms with E-state index < -0.39 is 5.82 Å². The van der Waals surface area contributed by atoms with Gasteiger partial charge in [-0.1, -0.05) is 12.1 Å². The maximum atomic E-state index is 13.9. The monoisotopic (exact) mass is 320 g/mol. The van der Waals surface area contributed by atoms with Gasteiger partial charge in [-0.2, -0.15) is 0 Å². The Balaban J connectivity index is 1.92. The number of aryl methyl sites for hydroxylation is 1. The third kappa shape index (κ3) is 2.96. The Labute approximate surface area is 134 Å². The summed E-state index contributed by atoms with van der Waals surface area (Å²) in [6.07, 6.45) is 0.753. The predicted molar refractivity (Wildman–Crippen MR) is 85.1 cm³/mol. The fraction of sp³-hybridized carbons (Fsp3) is 0.471. The molecule has 23 heavy (non-hydrogen) atoms. The Hall–Kier alpha value is -1.92. The van der Waals surface area contributed by atoms with Gasteiger partial charge in [-0.3, -0.25) is 4.79 Å². The number of amides is 1. The molecule has 1 N–H and O–H groups in total. The normalized spacial score (nSPS) is 18.6. The number of piperazine rings is 1. The van der Waals surface area contributed by atoms with Gasteiger partial charge >= 0.3 is 0 Å². The second-order valence-corrected chi connectivity index (χ2v) is 5.81. The molecule has 1 amide bonds. The second-order valence-electron chi connectivity index (χ2n) is 5.81. The number of hydrogen-bond acceptors (Lipinski definition) is 4. The lowest BCUT2D eigenvalue weighted by molar-refractivity contribution is 0.0551. The van der Waals surface area contributed by atoms with E-state index in [1.54, 1.807) is 31.1 Å². The van der Waals surface area contributed by atoms with Crippen LogP contribution in [0.15, 0.2) is 22.6 Å². The van der Waals surface area contributed by atoms with Crippen LogP contribution >= 0.6 is 0 Å². The minimum absolute atomic E-state index is 0.0497. The molecular weight excluding hydrogens is 299 g/mol. The van der Waals surface area contributed by atoms with E-state index in [0.29, 0.717) is 24.1 Å². The van der Waals surface area contributed by atoms with E-state index in [9.17, 15) is 9.18 Å². The Morgan fingerprint density at radius 1 is 1.52 bits per heavy atom. The summed E-state index contributed by atoms with van der Waals surface area (Å²) in [5, 5.41) is 3.94. The largest absolute Gasteiger partial charge is 0.448 e. The minimum atomic E-state index is -0.444. The van der Waals surface area contributed by atoms with Gasteiger partial charge in [0.2, 0.25) is 0 Å². The highest BCUT2D eigenvalue weighted by Gasteiger charge is 2.31. The van der Waals surface area contributed by atoms with E-state index in [2.05, 4.69) is 5.32 Å². The molecule has 1 saturated heterocycles. The number of rotatable bonds is 4. The quantitative estimate of drug-likeness (QED) is 0.939. The lowest BCUT2D eigenvalue weighted by Crippen LogP contribution is -2.54. The van der Waals surface area contributed by atoms with E-state index in [1.165, 1.54) is 6.07 Å². The van der Waals surface area contributed by atoms with Crippen LogP contribution in [0.1, 0.15) is 22.5 Å². The van der Waals surface area contributed by atoms with Crippen molar-refractivity contribution in [3.63, 3.8) is 0 Å². The van der Waals surface area contributed by atoms with Crippen LogP contribution in [0.25, 0.3) is 11.0 Å². The molecule has 1 unspecified atom stereocenters. The lowest BCUT2D eigenvalue weighted by Gasteiger charge is -2.35. The first-order valence-electron chi connectivity index (χ1n) is 7.81. The molecule has 1 aromatic carbocycles. The zero-order chi connectivity index (χ0) is 16.4. The van der Waals surface area contributed by atoms with E-state index >= 15 is 0 Å². The first-order chi connectivity index (χ1) is 11.1. The first-order valence-corrected chi connectivity index (χ1v) is 7.81. The van der Waals surface area contributed by atoms with Gasteiger partial charge in [0, 0.05) is 50.3 Å². The van der Waals surface area contributed by atoms with Gasteiger partial charge in [-0.25, -0.2) is 4.39 Å². The molecule has 1 aliphatic heterocycles. The van der Waals surface area contributed by atoms with E-state index in [-0.39, 0.29) is 23.3 Å². The molecule has 0 spiro atoms. The zero-order valence-electron chi connectivity index (χ0n) is 13.4. The van der Waals surface area contributed by atoms with Gasteiger partial charge in [-0.15, -0.1) is 0 Å². The summed E-state index contributed by atoms with van der Waals surface area (Å²) < 4.78 is 24.6. The molecule has 0 bridgehead atoms. The van der Waals surface area contributed by atoms with E-state index in [4.69, 9.17) is 9.15 Å². The highest BCUT2D eigenvalue weighted by atomic mass is 19.1. The smallest absolute Gasteiger partial charge is 0.290 e. The topological polar surface area (TPSA) is 54.7 Å². The molecule has 0 saturated carbocycles. The zero-order valence-corrected chi connectivity index (χ0v) is 13.4. The predicted octanol–water partition coefficient (Wildman–Crippen LogP) is 2.33. The Morgan fingerprint density at radius 2 is 2.35 bits per heavy atom. The number of furan rings is 1. The average Bonchev–Trinajstić information content (AvgIpc) is 2.91. The molecule has 2 heterocycles. The van der Waals surface area contributed by atoms with Crippen molar-refractivity contribution < 1.29 is 18.3 Å². The lowest BCUT2D eigenvalue weighted by atomic mass is 10.1. The first kappa shape index (κ1) is 16.0. The molecular formula is C17H21FN2O3. The van der Waals surface area contributed by atoms with Crippen molar-refractivity contribution in [2.45, 2.75) is 19.4 Å². The van der Waals surface area contributed by atoms with Crippen LogP contribution in [0, 0.1) is 12.7 Å². The molecule has 2 aromatic rings. The summed E-state index contributed by atoms with van der Waals surface area (Å²) in [4.78, 5) is 14.7. The molecule has 1 atom stereocenters. The van der Waals surface area contributed by atoms with Crippen LogP contribution in [-0.2, 0) is 4.74 Å². The Kier molecular flexibility index (Phi) is 4.63. The van der Waals surface area contributed by atoms with Crippen LogP contribution < -0.4 is 5.32 Å². The molecule has 5 nitrogen and oxygen atoms in total. The van der Waals surface area contributed by atoms with Crippen molar-refractivity contribution in [2.24, 2.45) is 0 Å². The summed E-state index contributed by atoms with van der Waals surface area (Å²) in [6.45, 7) is 4.45. The van der Waals surface area contributed by atoms with Crippen molar-refractivity contribution in [3.05, 3.63) is 35.3 Å². The van der Waals surface area contributed by atoms with Crippen molar-refractivity contribution in [3.8, 4) is 0 Å². The fourth-order valence-corrected chi connectivity index (χ4v) is 3.08. The maximum Gasteiger partial charge on any atom is 0.290 e. The highest BCUT2D eigenvalue weighted by molar-refractivity contribution is 5.99. The van der Waals surface area contributed by atoms with E-state index in [1.807, 2.05) is 0 Å². The number of hydrogen-bond donors (Lipinski definition) is 1. The van der Waals surface area contributed by atoms with Crippen LogP contribution in [0.2, 0.25) is 0 Å². The average molecular weight is 320 g/mol.